The van der Waals surface area contributed by atoms with Gasteiger partial charge in [-0.3, -0.25) is 4.79 Å². The Hall–Kier alpha value is -1.72. The van der Waals surface area contributed by atoms with Crippen LogP contribution in [-0.4, -0.2) is 5.78 Å². The van der Waals surface area contributed by atoms with Crippen molar-refractivity contribution >= 4 is 21.7 Å². The van der Waals surface area contributed by atoms with Gasteiger partial charge in [0, 0.05) is 15.8 Å². The fraction of sp³-hybridized carbons (Fsp3) is 0.591. The van der Waals surface area contributed by atoms with Crippen LogP contribution >= 0.6 is 15.9 Å². The first-order chi connectivity index (χ1) is 12.9. The molecule has 5 aliphatic rings. The van der Waals surface area contributed by atoms with Gasteiger partial charge in [0.05, 0.1) is 18.1 Å². The normalized spacial score (nSPS) is 40.2. The van der Waals surface area contributed by atoms with E-state index in [-0.39, 0.29) is 11.2 Å². The summed E-state index contributed by atoms with van der Waals surface area (Å²) < 4.78 is 15.2. The third kappa shape index (κ3) is 2.31. The van der Waals surface area contributed by atoms with Crippen LogP contribution in [0.3, 0.4) is 0 Å². The number of nitrogens with zero attached hydrogens (tertiary/aromatic N) is 2. The van der Waals surface area contributed by atoms with Crippen LogP contribution in [0, 0.1) is 63.0 Å². The number of benzene rings is 1. The molecular weight excluding hydrogens is 407 g/mol. The van der Waals surface area contributed by atoms with Crippen molar-refractivity contribution in [2.45, 2.75) is 44.4 Å². The molecule has 0 heterocycles. The number of Topliss-reactive ketones (excluding diaryl/α,β-unsaturated/α-hetero) is 1. The minimum absolute atomic E-state index is 0.0667. The number of ketones is 1. The van der Waals surface area contributed by atoms with Crippen LogP contribution in [0.2, 0.25) is 0 Å². The minimum Gasteiger partial charge on any atom is -0.299 e. The molecule has 0 radical (unpaired) electrons. The van der Waals surface area contributed by atoms with Gasteiger partial charge in [0.15, 0.2) is 5.41 Å². The number of halogens is 2. The summed E-state index contributed by atoms with van der Waals surface area (Å²) in [6.45, 7) is 0. The summed E-state index contributed by atoms with van der Waals surface area (Å²) in [5.74, 6) is 0.101. The molecule has 5 fully saturated rings. The molecule has 0 spiro atoms. The molecule has 5 saturated carbocycles. The van der Waals surface area contributed by atoms with E-state index in [0.717, 1.165) is 19.3 Å². The van der Waals surface area contributed by atoms with E-state index < -0.39 is 23.1 Å². The largest absolute Gasteiger partial charge is 0.299 e. The zero-order valence-electron chi connectivity index (χ0n) is 14.9. The summed E-state index contributed by atoms with van der Waals surface area (Å²) in [6.07, 6.45) is 6.38. The van der Waals surface area contributed by atoms with Crippen molar-refractivity contribution in [2.75, 3.05) is 0 Å². The number of hydrogen-bond acceptors (Lipinski definition) is 3. The molecule has 138 valence electrons. The lowest BCUT2D eigenvalue weighted by molar-refractivity contribution is -0.145. The minimum atomic E-state index is -1.42. The monoisotopic (exact) mass is 426 g/mol. The third-order valence-corrected chi connectivity index (χ3v) is 8.21. The third-order valence-electron chi connectivity index (χ3n) is 7.72. The molecule has 1 aromatic carbocycles. The lowest BCUT2D eigenvalue weighted by atomic mass is 9.48. The fourth-order valence-corrected chi connectivity index (χ4v) is 7.30. The Balaban J connectivity index is 1.53. The molecule has 3 nitrogen and oxygen atoms in total. The van der Waals surface area contributed by atoms with Gasteiger partial charge < -0.3 is 0 Å². The van der Waals surface area contributed by atoms with Crippen LogP contribution in [0.25, 0.3) is 0 Å². The Labute approximate surface area is 166 Å². The summed E-state index contributed by atoms with van der Waals surface area (Å²) >= 11 is 3.24. The molecule has 27 heavy (non-hydrogen) atoms. The highest BCUT2D eigenvalue weighted by atomic mass is 79.9. The standard InChI is InChI=1S/C22H20BrFN2O/c23-15-1-2-16(17(24)6-15)18-19(22(18,10-25)11-26)20(27)21-7-12-3-13(8-21)5-14(4-12)9-21/h1-2,6,12-14,18-19H,3-5,7-9H2/t12?,13?,14?,18-,19-,21?/m1/s1. The molecule has 5 aliphatic carbocycles. The smallest absolute Gasteiger partial charge is 0.161 e. The van der Waals surface area contributed by atoms with Crippen molar-refractivity contribution in [1.29, 1.82) is 10.5 Å². The van der Waals surface area contributed by atoms with Crippen molar-refractivity contribution in [1.82, 2.24) is 0 Å². The first-order valence-corrected chi connectivity index (χ1v) is 10.5. The molecule has 0 aromatic heterocycles. The van der Waals surface area contributed by atoms with Gasteiger partial charge in [-0.05, 0) is 74.0 Å². The average molecular weight is 427 g/mol. The topological polar surface area (TPSA) is 64.7 Å². The maximum Gasteiger partial charge on any atom is 0.161 e. The van der Waals surface area contributed by atoms with E-state index in [4.69, 9.17) is 0 Å². The Kier molecular flexibility index (Phi) is 3.63. The zero-order valence-corrected chi connectivity index (χ0v) is 16.5. The Bertz CT molecular complexity index is 878. The van der Waals surface area contributed by atoms with E-state index in [0.29, 0.717) is 27.8 Å². The second-order valence-electron chi connectivity index (χ2n) is 9.28. The van der Waals surface area contributed by atoms with E-state index in [1.165, 1.54) is 25.3 Å². The highest BCUT2D eigenvalue weighted by Gasteiger charge is 2.74. The van der Waals surface area contributed by atoms with Gasteiger partial charge in [-0.2, -0.15) is 10.5 Å². The summed E-state index contributed by atoms with van der Waals surface area (Å²) in [6, 6.07) is 8.86. The number of carbonyl (C=O) groups excluding carboxylic acids is 1. The summed E-state index contributed by atoms with van der Waals surface area (Å²) in [5, 5.41) is 19.6. The highest BCUT2D eigenvalue weighted by molar-refractivity contribution is 9.10. The number of carbonyl (C=O) groups is 1. The number of hydrogen-bond donors (Lipinski definition) is 0. The van der Waals surface area contributed by atoms with Gasteiger partial charge in [-0.15, -0.1) is 0 Å². The first kappa shape index (κ1) is 17.4. The first-order valence-electron chi connectivity index (χ1n) is 9.74. The van der Waals surface area contributed by atoms with Gasteiger partial charge in [0.25, 0.3) is 0 Å². The van der Waals surface area contributed by atoms with Crippen LogP contribution in [-0.2, 0) is 4.79 Å². The summed E-state index contributed by atoms with van der Waals surface area (Å²) in [4.78, 5) is 13.7. The van der Waals surface area contributed by atoms with E-state index >= 15 is 0 Å². The van der Waals surface area contributed by atoms with E-state index in [9.17, 15) is 19.7 Å². The van der Waals surface area contributed by atoms with Crippen LogP contribution in [0.1, 0.15) is 50.0 Å². The lowest BCUT2D eigenvalue weighted by Gasteiger charge is -2.56. The second-order valence-corrected chi connectivity index (χ2v) is 10.2. The number of rotatable bonds is 3. The van der Waals surface area contributed by atoms with E-state index in [2.05, 4.69) is 28.1 Å². The van der Waals surface area contributed by atoms with Crippen LogP contribution in [0.4, 0.5) is 4.39 Å². The van der Waals surface area contributed by atoms with Gasteiger partial charge in [0.1, 0.15) is 11.6 Å². The van der Waals surface area contributed by atoms with E-state index in [1.54, 1.807) is 12.1 Å². The van der Waals surface area contributed by atoms with Gasteiger partial charge >= 0.3 is 0 Å². The van der Waals surface area contributed by atoms with Crippen molar-refractivity contribution in [3.63, 3.8) is 0 Å². The summed E-state index contributed by atoms with van der Waals surface area (Å²) in [7, 11) is 0. The fourth-order valence-electron chi connectivity index (χ4n) is 6.97. The SMILES string of the molecule is N#CC1(C#N)[C@H](c2ccc(Br)cc2F)[C@@H]1C(=O)C12CC3CC(CC(C3)C1)C2. The van der Waals surface area contributed by atoms with Crippen molar-refractivity contribution in [2.24, 2.45) is 34.5 Å². The predicted octanol–water partition coefficient (Wildman–Crippen LogP) is 5.12. The molecule has 2 atom stereocenters. The van der Waals surface area contributed by atoms with E-state index in [1.807, 2.05) is 0 Å². The van der Waals surface area contributed by atoms with Crippen LogP contribution in [0.15, 0.2) is 22.7 Å². The Morgan fingerprint density at radius 1 is 1.07 bits per heavy atom. The lowest BCUT2D eigenvalue weighted by Crippen LogP contribution is -2.50. The Morgan fingerprint density at radius 3 is 2.11 bits per heavy atom. The summed E-state index contributed by atoms with van der Waals surface area (Å²) in [5.41, 5.74) is -1.47. The zero-order chi connectivity index (χ0) is 19.0. The van der Waals surface area contributed by atoms with Crippen molar-refractivity contribution in [3.8, 4) is 12.1 Å². The second kappa shape index (κ2) is 5.65. The molecule has 6 rings (SSSR count). The molecule has 0 N–H and O–H groups in total. The number of nitriles is 2. The van der Waals surface area contributed by atoms with Crippen molar-refractivity contribution < 1.29 is 9.18 Å². The maximum atomic E-state index is 14.6. The van der Waals surface area contributed by atoms with Gasteiger partial charge in [-0.1, -0.05) is 22.0 Å². The molecule has 4 bridgehead atoms. The van der Waals surface area contributed by atoms with Crippen LogP contribution < -0.4 is 0 Å². The molecule has 0 unspecified atom stereocenters. The molecule has 1 aromatic rings. The maximum absolute atomic E-state index is 14.6. The van der Waals surface area contributed by atoms with Crippen molar-refractivity contribution in [3.05, 3.63) is 34.1 Å². The van der Waals surface area contributed by atoms with Gasteiger partial charge in [-0.25, -0.2) is 4.39 Å². The van der Waals surface area contributed by atoms with Crippen LogP contribution in [0.5, 0.6) is 0 Å². The molecule has 0 amide bonds. The molecule has 5 heteroatoms. The molecular formula is C22H20BrFN2O. The predicted molar refractivity (Wildman–Crippen MR) is 99.6 cm³/mol. The molecule has 0 saturated heterocycles. The highest BCUT2D eigenvalue weighted by Crippen LogP contribution is 2.70. The average Bonchev–Trinajstić information content (AvgIpc) is 3.28. The molecule has 0 aliphatic heterocycles. The van der Waals surface area contributed by atoms with Gasteiger partial charge in [0.2, 0.25) is 0 Å². The quantitative estimate of drug-likeness (QED) is 0.673. The Morgan fingerprint density at radius 2 is 1.63 bits per heavy atom.